The summed E-state index contributed by atoms with van der Waals surface area (Å²) in [5.41, 5.74) is 1.03. The van der Waals surface area contributed by atoms with Gasteiger partial charge in [0.15, 0.2) is 11.6 Å². The molecule has 0 fully saturated rings. The van der Waals surface area contributed by atoms with Crippen LogP contribution < -0.4 is 0 Å². The van der Waals surface area contributed by atoms with Crippen LogP contribution in [0.25, 0.3) is 0 Å². The number of carbonyl (C=O) groups excluding carboxylic acids is 2. The van der Waals surface area contributed by atoms with E-state index in [-0.39, 0.29) is 24.6 Å². The van der Waals surface area contributed by atoms with Crippen molar-refractivity contribution in [3.05, 3.63) is 41.3 Å². The largest absolute Gasteiger partial charge is 0.396 e. The van der Waals surface area contributed by atoms with Crippen molar-refractivity contribution in [3.8, 4) is 0 Å². The Hall–Kier alpha value is -1.48. The normalized spacial score (nSPS) is 16.3. The Morgan fingerprint density at radius 1 is 1.12 bits per heavy atom. The third kappa shape index (κ3) is 1.91. The van der Waals surface area contributed by atoms with Crippen LogP contribution in [0.1, 0.15) is 40.0 Å². The van der Waals surface area contributed by atoms with Crippen LogP contribution in [-0.4, -0.2) is 23.3 Å². The molecule has 0 heterocycles. The Bertz CT molecular complexity index is 423. The lowest BCUT2D eigenvalue weighted by Crippen LogP contribution is -2.25. The Morgan fingerprint density at radius 3 is 2.50 bits per heavy atom. The molecule has 0 atom stereocenters. The van der Waals surface area contributed by atoms with Crippen molar-refractivity contribution in [2.75, 3.05) is 6.61 Å². The van der Waals surface area contributed by atoms with Gasteiger partial charge in [-0.2, -0.15) is 0 Å². The van der Waals surface area contributed by atoms with Gasteiger partial charge in [0.25, 0.3) is 0 Å². The molecule has 1 aromatic rings. The average Bonchev–Trinajstić information content (AvgIpc) is 2.32. The lowest BCUT2D eigenvalue weighted by Gasteiger charge is -2.21. The first-order chi connectivity index (χ1) is 7.74. The first-order valence-corrected chi connectivity index (χ1v) is 5.36. The molecule has 0 spiro atoms. The molecule has 0 saturated heterocycles. The van der Waals surface area contributed by atoms with Gasteiger partial charge in [-0.05, 0) is 12.8 Å². The van der Waals surface area contributed by atoms with E-state index in [4.69, 9.17) is 5.11 Å². The Labute approximate surface area is 94.1 Å². The molecular formula is C13H13O3. The number of carbonyl (C=O) groups is 2. The van der Waals surface area contributed by atoms with Crippen molar-refractivity contribution in [2.45, 2.75) is 19.3 Å². The molecule has 1 aromatic carbocycles. The van der Waals surface area contributed by atoms with Crippen molar-refractivity contribution in [1.29, 1.82) is 0 Å². The minimum Gasteiger partial charge on any atom is -0.396 e. The molecule has 1 N–H and O–H groups in total. The fourth-order valence-corrected chi connectivity index (χ4v) is 1.98. The zero-order valence-electron chi connectivity index (χ0n) is 8.90. The average molecular weight is 217 g/mol. The minimum atomic E-state index is -0.0383. The van der Waals surface area contributed by atoms with E-state index in [1.807, 2.05) is 0 Å². The van der Waals surface area contributed by atoms with E-state index >= 15 is 0 Å². The molecule has 3 nitrogen and oxygen atoms in total. The van der Waals surface area contributed by atoms with Crippen molar-refractivity contribution in [2.24, 2.45) is 0 Å². The minimum absolute atomic E-state index is 0.00291. The lowest BCUT2D eigenvalue weighted by atomic mass is 9.80. The van der Waals surface area contributed by atoms with E-state index in [2.05, 4.69) is 0 Å². The molecule has 0 aromatic heterocycles. The summed E-state index contributed by atoms with van der Waals surface area (Å²) in [5, 5.41) is 8.73. The number of fused-ring (bicyclic) bond motifs is 1. The predicted octanol–water partition coefficient (Wildman–Crippen LogP) is 1.80. The molecule has 3 heteroatoms. The van der Waals surface area contributed by atoms with Crippen LogP contribution >= 0.6 is 0 Å². The molecule has 2 rings (SSSR count). The lowest BCUT2D eigenvalue weighted by molar-refractivity contribution is 0.0904. The molecule has 1 aliphatic carbocycles. The smallest absolute Gasteiger partial charge is 0.171 e. The highest BCUT2D eigenvalue weighted by atomic mass is 16.3. The van der Waals surface area contributed by atoms with Crippen molar-refractivity contribution in [3.63, 3.8) is 0 Å². The monoisotopic (exact) mass is 217 g/mol. The maximum Gasteiger partial charge on any atom is 0.171 e. The molecule has 1 aliphatic rings. The van der Waals surface area contributed by atoms with Crippen LogP contribution in [0.5, 0.6) is 0 Å². The van der Waals surface area contributed by atoms with E-state index in [0.717, 1.165) is 0 Å². The number of hydrogen-bond donors (Lipinski definition) is 1. The van der Waals surface area contributed by atoms with E-state index in [0.29, 0.717) is 29.9 Å². The van der Waals surface area contributed by atoms with Gasteiger partial charge < -0.3 is 5.11 Å². The van der Waals surface area contributed by atoms with Crippen LogP contribution in [0.2, 0.25) is 0 Å². The summed E-state index contributed by atoms with van der Waals surface area (Å²) in [7, 11) is 0. The van der Waals surface area contributed by atoms with Gasteiger partial charge in [-0.3, -0.25) is 9.59 Å². The summed E-state index contributed by atoms with van der Waals surface area (Å²) in [6, 6.07) is 6.91. The third-order valence-electron chi connectivity index (χ3n) is 2.80. The number of aliphatic hydroxyl groups is 1. The topological polar surface area (TPSA) is 54.4 Å². The summed E-state index contributed by atoms with van der Waals surface area (Å²) in [5.74, 6) is 0.588. The number of Topliss-reactive ketones (excluding diaryl/α,β-unsaturated/α-hetero) is 2. The number of hydrogen-bond acceptors (Lipinski definition) is 3. The summed E-state index contributed by atoms with van der Waals surface area (Å²) in [6.07, 6.45) is 1.25. The van der Waals surface area contributed by atoms with Gasteiger partial charge in [0.2, 0.25) is 0 Å². The zero-order valence-corrected chi connectivity index (χ0v) is 8.90. The molecule has 0 saturated carbocycles. The molecular weight excluding hydrogens is 204 g/mol. The van der Waals surface area contributed by atoms with Crippen LogP contribution in [0, 0.1) is 5.92 Å². The second-order valence-electron chi connectivity index (χ2n) is 3.91. The van der Waals surface area contributed by atoms with Crippen molar-refractivity contribution < 1.29 is 14.7 Å². The van der Waals surface area contributed by atoms with Crippen LogP contribution in [-0.2, 0) is 0 Å². The van der Waals surface area contributed by atoms with E-state index in [9.17, 15) is 9.59 Å². The van der Waals surface area contributed by atoms with Crippen LogP contribution in [0.15, 0.2) is 24.3 Å². The fraction of sp³-hybridized carbons (Fsp3) is 0.308. The Morgan fingerprint density at radius 2 is 1.81 bits per heavy atom. The first-order valence-electron chi connectivity index (χ1n) is 5.36. The highest BCUT2D eigenvalue weighted by Gasteiger charge is 2.31. The quantitative estimate of drug-likeness (QED) is 0.840. The Kier molecular flexibility index (Phi) is 3.15. The molecule has 0 amide bonds. The number of aliphatic hydroxyl groups excluding tert-OH is 1. The highest BCUT2D eigenvalue weighted by molar-refractivity contribution is 6.20. The van der Waals surface area contributed by atoms with Gasteiger partial charge in [-0.1, -0.05) is 24.3 Å². The summed E-state index contributed by atoms with van der Waals surface area (Å²) in [4.78, 5) is 23.8. The maximum atomic E-state index is 12.0. The van der Waals surface area contributed by atoms with Gasteiger partial charge in [-0.25, -0.2) is 0 Å². The molecule has 0 bridgehead atoms. The van der Waals surface area contributed by atoms with Gasteiger partial charge in [0.05, 0.1) is 5.92 Å². The molecule has 0 aliphatic heterocycles. The van der Waals surface area contributed by atoms with Crippen LogP contribution in [0.3, 0.4) is 0 Å². The molecule has 0 unspecified atom stereocenters. The SMILES string of the molecule is O=C1C[C](CCCO)C(=O)c2ccccc21. The fourth-order valence-electron chi connectivity index (χ4n) is 1.98. The van der Waals surface area contributed by atoms with Gasteiger partial charge >= 0.3 is 0 Å². The third-order valence-corrected chi connectivity index (χ3v) is 2.80. The molecule has 1 radical (unpaired) electrons. The summed E-state index contributed by atoms with van der Waals surface area (Å²) >= 11 is 0. The predicted molar refractivity (Wildman–Crippen MR) is 59.3 cm³/mol. The van der Waals surface area contributed by atoms with E-state index in [1.165, 1.54) is 0 Å². The first kappa shape index (κ1) is 11.0. The van der Waals surface area contributed by atoms with Gasteiger partial charge in [0.1, 0.15) is 0 Å². The highest BCUT2D eigenvalue weighted by Crippen LogP contribution is 2.29. The molecule has 83 valence electrons. The van der Waals surface area contributed by atoms with Crippen LogP contribution in [0.4, 0.5) is 0 Å². The van der Waals surface area contributed by atoms with E-state index in [1.54, 1.807) is 24.3 Å². The summed E-state index contributed by atoms with van der Waals surface area (Å²) < 4.78 is 0. The second kappa shape index (κ2) is 4.58. The van der Waals surface area contributed by atoms with Crippen molar-refractivity contribution in [1.82, 2.24) is 0 Å². The van der Waals surface area contributed by atoms with Gasteiger partial charge in [0, 0.05) is 24.2 Å². The number of benzene rings is 1. The number of rotatable bonds is 3. The summed E-state index contributed by atoms with van der Waals surface area (Å²) in [6.45, 7) is 0.0482. The molecule has 16 heavy (non-hydrogen) atoms. The number of ketones is 2. The Balaban J connectivity index is 2.27. The zero-order chi connectivity index (χ0) is 11.5. The maximum absolute atomic E-state index is 12.0. The van der Waals surface area contributed by atoms with E-state index < -0.39 is 0 Å². The van der Waals surface area contributed by atoms with Gasteiger partial charge in [-0.15, -0.1) is 0 Å². The van der Waals surface area contributed by atoms with Crippen molar-refractivity contribution >= 4 is 11.6 Å². The second-order valence-corrected chi connectivity index (χ2v) is 3.91. The standard InChI is InChI=1S/C13H13O3/c14-7-3-4-9-8-12(15)10-5-1-2-6-11(10)13(9)16/h1-2,5-6,14H,3-4,7-8H2.